The molecule has 12 nitrogen and oxygen atoms in total. The first kappa shape index (κ1) is 19.9. The molecule has 2 aromatic heterocycles. The highest BCUT2D eigenvalue weighted by Gasteiger charge is 2.17. The van der Waals surface area contributed by atoms with Gasteiger partial charge in [-0.05, 0) is 10.4 Å². The van der Waals surface area contributed by atoms with E-state index in [4.69, 9.17) is 9.47 Å². The Morgan fingerprint density at radius 3 is 1.64 bits per heavy atom. The van der Waals surface area contributed by atoms with Crippen LogP contribution in [0.5, 0.6) is 0 Å². The normalized spacial score (nSPS) is 13.6. The highest BCUT2D eigenvalue weighted by molar-refractivity contribution is 5.76. The van der Waals surface area contributed by atoms with Gasteiger partial charge < -0.3 is 19.7 Å². The van der Waals surface area contributed by atoms with Gasteiger partial charge in [-0.3, -0.25) is 0 Å². The average molecular weight is 390 g/mol. The molecule has 0 bridgehead atoms. The summed E-state index contributed by atoms with van der Waals surface area (Å²) in [5.74, 6) is 0.743. The summed E-state index contributed by atoms with van der Waals surface area (Å²) >= 11 is 0. The molecule has 1 aromatic carbocycles. The molecule has 2 heterocycles. The zero-order valence-electron chi connectivity index (χ0n) is 15.6. The van der Waals surface area contributed by atoms with Crippen LogP contribution in [-0.4, -0.2) is 90.3 Å². The fourth-order valence-corrected chi connectivity index (χ4v) is 2.60. The number of aromatic nitrogens is 8. The molecular weight excluding hydrogens is 368 g/mol. The molecule has 28 heavy (non-hydrogen) atoms. The molecule has 3 rings (SSSR count). The maximum atomic E-state index is 9.81. The van der Waals surface area contributed by atoms with Crippen molar-refractivity contribution in [1.29, 1.82) is 0 Å². The van der Waals surface area contributed by atoms with Crippen molar-refractivity contribution in [2.24, 2.45) is 0 Å². The Bertz CT molecular complexity index is 812. The Morgan fingerprint density at radius 1 is 0.821 bits per heavy atom. The minimum atomic E-state index is -0.734. The van der Waals surface area contributed by atoms with E-state index < -0.39 is 12.2 Å². The lowest BCUT2D eigenvalue weighted by Gasteiger charge is -2.07. The van der Waals surface area contributed by atoms with E-state index in [1.54, 1.807) is 0 Å². The van der Waals surface area contributed by atoms with Gasteiger partial charge in [0, 0.05) is 25.3 Å². The lowest BCUT2D eigenvalue weighted by molar-refractivity contribution is 0.0482. The smallest absolute Gasteiger partial charge is 0.205 e. The van der Waals surface area contributed by atoms with Crippen LogP contribution in [0.4, 0.5) is 0 Å². The van der Waals surface area contributed by atoms with Crippen molar-refractivity contribution in [2.45, 2.75) is 25.3 Å². The van der Waals surface area contributed by atoms with Gasteiger partial charge in [-0.2, -0.15) is 9.59 Å². The number of aliphatic hydroxyl groups is 2. The molecule has 0 aliphatic heterocycles. The van der Waals surface area contributed by atoms with Gasteiger partial charge in [-0.25, -0.2) is 0 Å². The van der Waals surface area contributed by atoms with Crippen molar-refractivity contribution >= 4 is 0 Å². The highest BCUT2D eigenvalue weighted by atomic mass is 16.5. The molecule has 0 fully saturated rings. The molecule has 150 valence electrons. The molecule has 0 saturated carbocycles. The lowest BCUT2D eigenvalue weighted by atomic mass is 10.1. The Kier molecular flexibility index (Phi) is 6.71. The van der Waals surface area contributed by atoms with E-state index in [0.717, 1.165) is 0 Å². The molecule has 0 amide bonds. The first-order chi connectivity index (χ1) is 13.6. The number of tetrazole rings is 2. The van der Waals surface area contributed by atoms with Gasteiger partial charge in [0.2, 0.25) is 11.6 Å². The number of hydrogen-bond acceptors (Lipinski definition) is 10. The molecule has 0 aliphatic rings. The average Bonchev–Trinajstić information content (AvgIpc) is 3.32. The Morgan fingerprint density at radius 2 is 1.25 bits per heavy atom. The van der Waals surface area contributed by atoms with Crippen LogP contribution in [0.3, 0.4) is 0 Å². The largest absolute Gasteiger partial charge is 0.389 e. The van der Waals surface area contributed by atoms with Crippen LogP contribution >= 0.6 is 0 Å². The summed E-state index contributed by atoms with van der Waals surface area (Å²) in [6.07, 6.45) is -1.47. The third-order valence-corrected chi connectivity index (χ3v) is 3.78. The van der Waals surface area contributed by atoms with Crippen LogP contribution in [0.1, 0.15) is 0 Å². The summed E-state index contributed by atoms with van der Waals surface area (Å²) in [7, 11) is 3.02. The third kappa shape index (κ3) is 4.92. The Labute approximate surface area is 160 Å². The quantitative estimate of drug-likeness (QED) is 0.442. The van der Waals surface area contributed by atoms with E-state index >= 15 is 0 Å². The summed E-state index contributed by atoms with van der Waals surface area (Å²) in [4.78, 5) is 2.61. The molecule has 2 atom stereocenters. The highest BCUT2D eigenvalue weighted by Crippen LogP contribution is 2.26. The fourth-order valence-electron chi connectivity index (χ4n) is 2.60. The first-order valence-electron chi connectivity index (χ1n) is 8.60. The fraction of sp³-hybridized carbons (Fsp3) is 0.500. The lowest BCUT2D eigenvalue weighted by Crippen LogP contribution is -2.22. The van der Waals surface area contributed by atoms with Crippen molar-refractivity contribution in [3.63, 3.8) is 0 Å². The van der Waals surface area contributed by atoms with E-state index in [9.17, 15) is 10.2 Å². The van der Waals surface area contributed by atoms with E-state index in [0.29, 0.717) is 22.8 Å². The molecule has 0 radical (unpaired) electrons. The molecule has 2 unspecified atom stereocenters. The summed E-state index contributed by atoms with van der Waals surface area (Å²) in [5, 5.41) is 44.3. The maximum Gasteiger partial charge on any atom is 0.205 e. The van der Waals surface area contributed by atoms with Crippen molar-refractivity contribution in [3.05, 3.63) is 24.3 Å². The molecular formula is C16H22N8O4. The topological polar surface area (TPSA) is 146 Å². The minimum Gasteiger partial charge on any atom is -0.389 e. The second kappa shape index (κ2) is 9.41. The monoisotopic (exact) mass is 390 g/mol. The minimum absolute atomic E-state index is 0.162. The zero-order chi connectivity index (χ0) is 19.9. The van der Waals surface area contributed by atoms with Gasteiger partial charge in [-0.15, -0.1) is 20.4 Å². The number of rotatable bonds is 10. The van der Waals surface area contributed by atoms with Gasteiger partial charge in [0.05, 0.1) is 38.5 Å². The second-order valence-electron chi connectivity index (χ2n) is 6.10. The van der Waals surface area contributed by atoms with E-state index in [-0.39, 0.29) is 26.3 Å². The van der Waals surface area contributed by atoms with Crippen molar-refractivity contribution < 1.29 is 19.7 Å². The zero-order valence-corrected chi connectivity index (χ0v) is 15.6. The maximum absolute atomic E-state index is 9.81. The SMILES string of the molecule is COCC(O)Cn1nnc(-c2ccccc2-c2nnn(CC(O)COC)n2)n1. The second-order valence-corrected chi connectivity index (χ2v) is 6.10. The van der Waals surface area contributed by atoms with E-state index in [1.807, 2.05) is 24.3 Å². The van der Waals surface area contributed by atoms with Crippen LogP contribution in [-0.2, 0) is 22.6 Å². The van der Waals surface area contributed by atoms with Gasteiger partial charge in [0.15, 0.2) is 0 Å². The summed E-state index contributed by atoms with van der Waals surface area (Å²) < 4.78 is 9.80. The van der Waals surface area contributed by atoms with Crippen LogP contribution in [0.25, 0.3) is 22.8 Å². The summed E-state index contributed by atoms with van der Waals surface area (Å²) in [6, 6.07) is 7.32. The molecule has 2 N–H and O–H groups in total. The predicted molar refractivity (Wildman–Crippen MR) is 95.8 cm³/mol. The van der Waals surface area contributed by atoms with Crippen LogP contribution in [0, 0.1) is 0 Å². The van der Waals surface area contributed by atoms with Gasteiger partial charge in [0.1, 0.15) is 0 Å². The van der Waals surface area contributed by atoms with Crippen molar-refractivity contribution in [3.8, 4) is 22.8 Å². The van der Waals surface area contributed by atoms with Crippen molar-refractivity contribution in [1.82, 2.24) is 40.4 Å². The molecule has 3 aromatic rings. The number of benzene rings is 1. The number of hydrogen-bond donors (Lipinski definition) is 2. The van der Waals surface area contributed by atoms with Gasteiger partial charge in [0.25, 0.3) is 0 Å². The predicted octanol–water partition coefficient (Wildman–Crippen LogP) is -0.992. The van der Waals surface area contributed by atoms with Crippen molar-refractivity contribution in [2.75, 3.05) is 27.4 Å². The van der Waals surface area contributed by atoms with E-state index in [2.05, 4.69) is 30.8 Å². The third-order valence-electron chi connectivity index (χ3n) is 3.78. The molecule has 0 spiro atoms. The van der Waals surface area contributed by atoms with E-state index in [1.165, 1.54) is 23.8 Å². The summed E-state index contributed by atoms with van der Waals surface area (Å²) in [6.45, 7) is 0.675. The number of nitrogens with zero attached hydrogens (tertiary/aromatic N) is 8. The molecule has 0 saturated heterocycles. The molecule has 0 aliphatic carbocycles. The molecule has 12 heteroatoms. The standard InChI is InChI=1S/C16H22N8O4/c1-27-9-11(25)7-23-19-15(17-21-23)13-5-3-4-6-14(13)16-18-22-24(20-16)8-12(26)10-28-2/h3-6,11-12,25-26H,7-10H2,1-2H3. The van der Waals surface area contributed by atoms with Crippen LogP contribution in [0.15, 0.2) is 24.3 Å². The first-order valence-corrected chi connectivity index (χ1v) is 8.60. The summed E-state index contributed by atoms with van der Waals surface area (Å²) in [5.41, 5.74) is 1.35. The Hall–Kier alpha value is -2.80. The van der Waals surface area contributed by atoms with Gasteiger partial charge in [-0.1, -0.05) is 24.3 Å². The number of methoxy groups -OCH3 is 2. The van der Waals surface area contributed by atoms with Gasteiger partial charge >= 0.3 is 0 Å². The number of ether oxygens (including phenoxy) is 2. The number of aliphatic hydroxyl groups excluding tert-OH is 2. The van der Waals surface area contributed by atoms with Crippen LogP contribution < -0.4 is 0 Å². The Balaban J connectivity index is 1.81. The van der Waals surface area contributed by atoms with Crippen LogP contribution in [0.2, 0.25) is 0 Å².